The first-order valence-electron chi connectivity index (χ1n) is 7.04. The van der Waals surface area contributed by atoms with Crippen molar-refractivity contribution >= 4 is 11.8 Å². The quantitative estimate of drug-likeness (QED) is 0.817. The Morgan fingerprint density at radius 3 is 2.30 bits per heavy atom. The van der Waals surface area contributed by atoms with Crippen LogP contribution in [0.5, 0.6) is 0 Å². The van der Waals surface area contributed by atoms with Crippen LogP contribution in [-0.4, -0.2) is 6.04 Å². The molecule has 0 aromatic heterocycles. The summed E-state index contributed by atoms with van der Waals surface area (Å²) in [6.45, 7) is 8.56. The van der Waals surface area contributed by atoms with Crippen LogP contribution in [0.4, 0.5) is 0 Å². The molecule has 0 spiro atoms. The third-order valence-electron chi connectivity index (χ3n) is 3.57. The van der Waals surface area contributed by atoms with Gasteiger partial charge in [0.05, 0.1) is 0 Å². The van der Waals surface area contributed by atoms with Crippen LogP contribution in [0.15, 0.2) is 47.4 Å². The fourth-order valence-electron chi connectivity index (χ4n) is 2.33. The summed E-state index contributed by atoms with van der Waals surface area (Å²) in [6, 6.07) is 15.3. The van der Waals surface area contributed by atoms with Crippen molar-refractivity contribution in [2.24, 2.45) is 5.73 Å². The third-order valence-corrected chi connectivity index (χ3v) is 5.20. The molecular formula is C18H23NS. The number of hydrogen-bond donors (Lipinski definition) is 1. The van der Waals surface area contributed by atoms with Crippen LogP contribution < -0.4 is 5.73 Å². The van der Waals surface area contributed by atoms with Crippen LogP contribution >= 0.6 is 11.8 Å². The molecule has 2 N–H and O–H groups in total. The summed E-state index contributed by atoms with van der Waals surface area (Å²) in [5, 5.41) is 0.289. The lowest BCUT2D eigenvalue weighted by Gasteiger charge is -2.23. The van der Waals surface area contributed by atoms with E-state index in [0.29, 0.717) is 0 Å². The molecule has 2 aromatic rings. The van der Waals surface area contributed by atoms with Gasteiger partial charge in [-0.15, -0.1) is 11.8 Å². The van der Waals surface area contributed by atoms with E-state index in [9.17, 15) is 0 Å². The third kappa shape index (κ3) is 3.44. The standard InChI is InChI=1S/C18H23NS/c1-12-9-10-14(3)17(11-12)20-18(15(4)19)16-8-6-5-7-13(16)2/h5-11,15,18H,19H2,1-4H3. The molecule has 0 aliphatic rings. The molecule has 106 valence electrons. The molecule has 2 atom stereocenters. The fourth-order valence-corrected chi connectivity index (χ4v) is 3.72. The smallest absolute Gasteiger partial charge is 0.0495 e. The van der Waals surface area contributed by atoms with Crippen molar-refractivity contribution in [2.45, 2.75) is 43.9 Å². The molecule has 20 heavy (non-hydrogen) atoms. The highest BCUT2D eigenvalue weighted by Crippen LogP contribution is 2.40. The number of aryl methyl sites for hydroxylation is 3. The van der Waals surface area contributed by atoms with Gasteiger partial charge < -0.3 is 5.73 Å². The first-order chi connectivity index (χ1) is 9.49. The predicted octanol–water partition coefficient (Wildman–Crippen LogP) is 4.79. The Balaban J connectivity index is 2.36. The van der Waals surface area contributed by atoms with E-state index in [1.165, 1.54) is 27.1 Å². The maximum atomic E-state index is 6.25. The second kappa shape index (κ2) is 6.47. The van der Waals surface area contributed by atoms with E-state index in [4.69, 9.17) is 5.73 Å². The largest absolute Gasteiger partial charge is 0.327 e. The first-order valence-corrected chi connectivity index (χ1v) is 7.92. The molecular weight excluding hydrogens is 262 g/mol. The van der Waals surface area contributed by atoms with Gasteiger partial charge in [0.15, 0.2) is 0 Å². The van der Waals surface area contributed by atoms with E-state index in [2.05, 4.69) is 70.2 Å². The van der Waals surface area contributed by atoms with E-state index < -0.39 is 0 Å². The van der Waals surface area contributed by atoms with Crippen molar-refractivity contribution in [2.75, 3.05) is 0 Å². The molecule has 0 aliphatic heterocycles. The van der Waals surface area contributed by atoms with E-state index in [1.54, 1.807) is 0 Å². The van der Waals surface area contributed by atoms with Crippen LogP contribution in [0.2, 0.25) is 0 Å². The van der Waals surface area contributed by atoms with Gasteiger partial charge in [-0.1, -0.05) is 42.0 Å². The Morgan fingerprint density at radius 1 is 0.950 bits per heavy atom. The maximum Gasteiger partial charge on any atom is 0.0495 e. The zero-order valence-corrected chi connectivity index (χ0v) is 13.5. The van der Waals surface area contributed by atoms with Crippen LogP contribution in [-0.2, 0) is 0 Å². The van der Waals surface area contributed by atoms with Crippen molar-refractivity contribution in [3.63, 3.8) is 0 Å². The van der Waals surface area contributed by atoms with Crippen LogP contribution in [0.3, 0.4) is 0 Å². The lowest BCUT2D eigenvalue weighted by molar-refractivity contribution is 0.718. The minimum absolute atomic E-state index is 0.112. The molecule has 0 amide bonds. The van der Waals surface area contributed by atoms with Gasteiger partial charge in [-0.05, 0) is 50.5 Å². The molecule has 1 nitrogen and oxygen atoms in total. The summed E-state index contributed by atoms with van der Waals surface area (Å²) in [6.07, 6.45) is 0. The van der Waals surface area contributed by atoms with E-state index >= 15 is 0 Å². The number of thioether (sulfide) groups is 1. The minimum Gasteiger partial charge on any atom is -0.327 e. The van der Waals surface area contributed by atoms with Crippen LogP contribution in [0.25, 0.3) is 0 Å². The topological polar surface area (TPSA) is 26.0 Å². The Bertz CT molecular complexity index is 590. The van der Waals surface area contributed by atoms with Crippen molar-refractivity contribution in [3.8, 4) is 0 Å². The van der Waals surface area contributed by atoms with Gasteiger partial charge in [0.25, 0.3) is 0 Å². The Kier molecular flexibility index (Phi) is 4.90. The van der Waals surface area contributed by atoms with Gasteiger partial charge in [-0.3, -0.25) is 0 Å². The van der Waals surface area contributed by atoms with Crippen LogP contribution in [0, 0.1) is 20.8 Å². The average Bonchev–Trinajstić information content (AvgIpc) is 2.40. The maximum absolute atomic E-state index is 6.25. The van der Waals surface area contributed by atoms with Crippen molar-refractivity contribution in [1.82, 2.24) is 0 Å². The second-order valence-electron chi connectivity index (χ2n) is 5.52. The molecule has 2 unspecified atom stereocenters. The molecule has 0 radical (unpaired) electrons. The summed E-state index contributed by atoms with van der Waals surface area (Å²) in [5.74, 6) is 0. The highest BCUT2D eigenvalue weighted by molar-refractivity contribution is 7.99. The van der Waals surface area contributed by atoms with Gasteiger partial charge in [0, 0.05) is 16.2 Å². The van der Waals surface area contributed by atoms with Gasteiger partial charge in [-0.25, -0.2) is 0 Å². The zero-order valence-electron chi connectivity index (χ0n) is 12.7. The lowest BCUT2D eigenvalue weighted by Crippen LogP contribution is -2.23. The molecule has 0 heterocycles. The van der Waals surface area contributed by atoms with Gasteiger partial charge in [0.2, 0.25) is 0 Å². The second-order valence-corrected chi connectivity index (χ2v) is 6.71. The molecule has 0 aliphatic carbocycles. The Morgan fingerprint density at radius 2 is 1.65 bits per heavy atom. The number of rotatable bonds is 4. The highest BCUT2D eigenvalue weighted by Gasteiger charge is 2.20. The average molecular weight is 285 g/mol. The molecule has 2 heteroatoms. The summed E-state index contributed by atoms with van der Waals surface area (Å²) in [4.78, 5) is 1.33. The molecule has 0 saturated carbocycles. The molecule has 0 bridgehead atoms. The fraction of sp³-hybridized carbons (Fsp3) is 0.333. The number of benzene rings is 2. The summed E-state index contributed by atoms with van der Waals surface area (Å²) < 4.78 is 0. The van der Waals surface area contributed by atoms with Gasteiger partial charge >= 0.3 is 0 Å². The summed E-state index contributed by atoms with van der Waals surface area (Å²) >= 11 is 1.88. The van der Waals surface area contributed by atoms with Gasteiger partial charge in [-0.2, -0.15) is 0 Å². The Labute approximate surface area is 126 Å². The molecule has 2 rings (SSSR count). The summed E-state index contributed by atoms with van der Waals surface area (Å²) in [7, 11) is 0. The monoisotopic (exact) mass is 285 g/mol. The molecule has 2 aromatic carbocycles. The summed E-state index contributed by atoms with van der Waals surface area (Å²) in [5.41, 5.74) is 11.5. The number of nitrogens with two attached hydrogens (primary N) is 1. The van der Waals surface area contributed by atoms with Gasteiger partial charge in [0.1, 0.15) is 0 Å². The lowest BCUT2D eigenvalue weighted by atomic mass is 10.0. The first kappa shape index (κ1) is 15.1. The SMILES string of the molecule is Cc1ccc(C)c(SC(c2ccccc2C)C(C)N)c1. The van der Waals surface area contributed by atoms with Crippen molar-refractivity contribution < 1.29 is 0 Å². The normalized spacial score (nSPS) is 14.1. The van der Waals surface area contributed by atoms with Crippen molar-refractivity contribution in [1.29, 1.82) is 0 Å². The van der Waals surface area contributed by atoms with E-state index in [0.717, 1.165) is 0 Å². The van der Waals surface area contributed by atoms with Crippen molar-refractivity contribution in [3.05, 3.63) is 64.7 Å². The predicted molar refractivity (Wildman–Crippen MR) is 89.3 cm³/mol. The Hall–Kier alpha value is -1.25. The minimum atomic E-state index is 0.112. The zero-order chi connectivity index (χ0) is 14.7. The van der Waals surface area contributed by atoms with Crippen LogP contribution in [0.1, 0.15) is 34.4 Å². The van der Waals surface area contributed by atoms with E-state index in [-0.39, 0.29) is 11.3 Å². The van der Waals surface area contributed by atoms with E-state index in [1.807, 2.05) is 11.8 Å². The molecule has 0 saturated heterocycles. The molecule has 0 fully saturated rings. The highest BCUT2D eigenvalue weighted by atomic mass is 32.2. The number of hydrogen-bond acceptors (Lipinski definition) is 2.